The number of sulfonamides is 1. The van der Waals surface area contributed by atoms with Crippen molar-refractivity contribution in [1.82, 2.24) is 14.5 Å². The number of morpholine rings is 1. The predicted molar refractivity (Wildman–Crippen MR) is 80.9 cm³/mol. The van der Waals surface area contributed by atoms with E-state index in [4.69, 9.17) is 16.3 Å². The van der Waals surface area contributed by atoms with Gasteiger partial charge in [-0.3, -0.25) is 5.10 Å². The largest absolute Gasteiger partial charge is 0.367 e. The number of hydrogen-bond acceptors (Lipinski definition) is 4. The van der Waals surface area contributed by atoms with E-state index < -0.39 is 21.2 Å². The van der Waals surface area contributed by atoms with Crippen LogP contribution in [0.5, 0.6) is 0 Å². The summed E-state index contributed by atoms with van der Waals surface area (Å²) in [6.07, 6.45) is 0. The zero-order valence-corrected chi connectivity index (χ0v) is 14.6. The van der Waals surface area contributed by atoms with Gasteiger partial charge in [0.25, 0.3) is 10.0 Å². The minimum absolute atomic E-state index is 0.0171. The van der Waals surface area contributed by atoms with Crippen LogP contribution in [-0.4, -0.2) is 47.2 Å². The van der Waals surface area contributed by atoms with Crippen LogP contribution in [-0.2, 0) is 20.6 Å². The molecule has 1 N–H and O–H groups in total. The molecule has 0 aliphatic carbocycles. The van der Waals surface area contributed by atoms with E-state index >= 15 is 0 Å². The molecule has 1 aliphatic rings. The smallest absolute Gasteiger partial charge is 0.262 e. The summed E-state index contributed by atoms with van der Waals surface area (Å²) in [5, 5.41) is 6.67. The summed E-state index contributed by atoms with van der Waals surface area (Å²) in [6, 6.07) is 0. The summed E-state index contributed by atoms with van der Waals surface area (Å²) in [6.45, 7) is 9.86. The van der Waals surface area contributed by atoms with Gasteiger partial charge in [-0.25, -0.2) is 8.42 Å². The Labute approximate surface area is 130 Å². The molecule has 0 bridgehead atoms. The highest BCUT2D eigenvalue weighted by molar-refractivity contribution is 7.89. The van der Waals surface area contributed by atoms with Gasteiger partial charge in [0.1, 0.15) is 0 Å². The number of aryl methyl sites for hydroxylation is 1. The zero-order valence-electron chi connectivity index (χ0n) is 13.0. The quantitative estimate of drug-likeness (QED) is 0.858. The van der Waals surface area contributed by atoms with Crippen molar-refractivity contribution in [3.63, 3.8) is 0 Å². The summed E-state index contributed by atoms with van der Waals surface area (Å²) >= 11 is 5.87. The molecule has 1 aliphatic heterocycles. The van der Waals surface area contributed by atoms with E-state index in [2.05, 4.69) is 10.2 Å². The Hall–Kier alpha value is -0.630. The van der Waals surface area contributed by atoms with E-state index in [1.165, 1.54) is 4.31 Å². The van der Waals surface area contributed by atoms with Crippen molar-refractivity contribution in [2.24, 2.45) is 0 Å². The molecule has 0 saturated carbocycles. The first-order valence-electron chi connectivity index (χ1n) is 6.79. The van der Waals surface area contributed by atoms with Crippen LogP contribution in [0, 0.1) is 6.92 Å². The molecule has 21 heavy (non-hydrogen) atoms. The first-order valence-corrected chi connectivity index (χ1v) is 8.76. The van der Waals surface area contributed by atoms with E-state index in [1.54, 1.807) is 6.92 Å². The number of hydrogen-bond donors (Lipinski definition) is 1. The molecule has 0 spiro atoms. The number of H-pyrrole nitrogens is 1. The molecule has 120 valence electrons. The topological polar surface area (TPSA) is 75.3 Å². The lowest BCUT2D eigenvalue weighted by Gasteiger charge is -2.46. The standard InChI is InChI=1S/C13H22ClN3O3S/c1-9-10(6-14)11(16-15-9)21(18,19)17-7-12(2,3)20-13(4,5)8-17/h6-8H2,1-5H3,(H,15,16). The second-order valence-electron chi connectivity index (χ2n) is 6.66. The van der Waals surface area contributed by atoms with Crippen LogP contribution in [0.3, 0.4) is 0 Å². The second-order valence-corrected chi connectivity index (χ2v) is 8.78. The molecule has 0 aromatic carbocycles. The highest BCUT2D eigenvalue weighted by Gasteiger charge is 2.44. The van der Waals surface area contributed by atoms with Crippen molar-refractivity contribution < 1.29 is 13.2 Å². The van der Waals surface area contributed by atoms with Crippen LogP contribution in [0.4, 0.5) is 0 Å². The molecule has 0 radical (unpaired) electrons. The average molecular weight is 336 g/mol. The van der Waals surface area contributed by atoms with Gasteiger partial charge >= 0.3 is 0 Å². The van der Waals surface area contributed by atoms with Crippen molar-refractivity contribution in [3.05, 3.63) is 11.3 Å². The van der Waals surface area contributed by atoms with E-state index in [0.717, 1.165) is 0 Å². The summed E-state index contributed by atoms with van der Waals surface area (Å²) in [5.74, 6) is 0.105. The van der Waals surface area contributed by atoms with Crippen molar-refractivity contribution in [1.29, 1.82) is 0 Å². The molecule has 2 heterocycles. The van der Waals surface area contributed by atoms with Gasteiger partial charge in [0.15, 0.2) is 5.03 Å². The molecule has 1 saturated heterocycles. The zero-order chi connectivity index (χ0) is 16.1. The predicted octanol–water partition coefficient (Wildman–Crippen LogP) is 2.04. The Morgan fingerprint density at radius 2 is 1.81 bits per heavy atom. The fourth-order valence-electron chi connectivity index (χ4n) is 2.81. The van der Waals surface area contributed by atoms with Gasteiger partial charge in [-0.05, 0) is 34.6 Å². The lowest BCUT2D eigenvalue weighted by Crippen LogP contribution is -2.58. The van der Waals surface area contributed by atoms with Crippen LogP contribution >= 0.6 is 11.6 Å². The maximum Gasteiger partial charge on any atom is 0.262 e. The van der Waals surface area contributed by atoms with E-state index in [0.29, 0.717) is 11.3 Å². The number of alkyl halides is 1. The van der Waals surface area contributed by atoms with Gasteiger partial charge < -0.3 is 4.74 Å². The Morgan fingerprint density at radius 1 is 1.29 bits per heavy atom. The fourth-order valence-corrected chi connectivity index (χ4v) is 5.12. The van der Waals surface area contributed by atoms with Gasteiger partial charge in [-0.1, -0.05) is 0 Å². The Balaban J connectivity index is 2.44. The lowest BCUT2D eigenvalue weighted by atomic mass is 10.0. The molecule has 0 unspecified atom stereocenters. The molecule has 1 aromatic heterocycles. The summed E-state index contributed by atoms with van der Waals surface area (Å²) in [4.78, 5) is 0. The van der Waals surface area contributed by atoms with Crippen LogP contribution in [0.2, 0.25) is 0 Å². The monoisotopic (exact) mass is 335 g/mol. The third-order valence-corrected chi connectivity index (χ3v) is 5.45. The number of nitrogens with zero attached hydrogens (tertiary/aromatic N) is 2. The van der Waals surface area contributed by atoms with E-state index in [-0.39, 0.29) is 24.0 Å². The maximum atomic E-state index is 12.9. The summed E-state index contributed by atoms with van der Waals surface area (Å²) < 4.78 is 33.1. The van der Waals surface area contributed by atoms with Crippen molar-refractivity contribution >= 4 is 21.6 Å². The molecule has 0 amide bonds. The molecule has 1 aromatic rings. The normalized spacial score (nSPS) is 22.4. The lowest BCUT2D eigenvalue weighted by molar-refractivity contribution is -0.164. The Morgan fingerprint density at radius 3 is 2.29 bits per heavy atom. The van der Waals surface area contributed by atoms with Crippen molar-refractivity contribution in [2.75, 3.05) is 13.1 Å². The van der Waals surface area contributed by atoms with Crippen molar-refractivity contribution in [3.8, 4) is 0 Å². The fraction of sp³-hybridized carbons (Fsp3) is 0.769. The third-order valence-electron chi connectivity index (χ3n) is 3.42. The first kappa shape index (κ1) is 16.7. The SMILES string of the molecule is Cc1[nH]nc(S(=O)(=O)N2CC(C)(C)OC(C)(C)C2)c1CCl. The van der Waals surface area contributed by atoms with Crippen LogP contribution in [0.25, 0.3) is 0 Å². The number of nitrogens with one attached hydrogen (secondary N) is 1. The Bertz CT molecular complexity index is 621. The molecule has 8 heteroatoms. The van der Waals surface area contributed by atoms with Gasteiger partial charge in [0.05, 0.1) is 17.1 Å². The molecule has 1 fully saturated rings. The molecule has 2 rings (SSSR count). The molecule has 0 atom stereocenters. The summed E-state index contributed by atoms with van der Waals surface area (Å²) in [5.41, 5.74) is 0.0944. The highest BCUT2D eigenvalue weighted by atomic mass is 35.5. The number of rotatable bonds is 3. The van der Waals surface area contributed by atoms with Crippen LogP contribution < -0.4 is 0 Å². The van der Waals surface area contributed by atoms with E-state index in [1.807, 2.05) is 27.7 Å². The number of aromatic nitrogens is 2. The van der Waals surface area contributed by atoms with Crippen LogP contribution in [0.15, 0.2) is 5.03 Å². The molecule has 6 nitrogen and oxygen atoms in total. The van der Waals surface area contributed by atoms with E-state index in [9.17, 15) is 8.42 Å². The Kier molecular flexibility index (Phi) is 4.16. The van der Waals surface area contributed by atoms with Gasteiger partial charge in [-0.15, -0.1) is 11.6 Å². The van der Waals surface area contributed by atoms with Gasteiger partial charge in [0.2, 0.25) is 0 Å². The van der Waals surface area contributed by atoms with Gasteiger partial charge in [-0.2, -0.15) is 9.40 Å². The molecular weight excluding hydrogens is 314 g/mol. The summed E-state index contributed by atoms with van der Waals surface area (Å²) in [7, 11) is -3.70. The molecular formula is C13H22ClN3O3S. The minimum atomic E-state index is -3.70. The van der Waals surface area contributed by atoms with Gasteiger partial charge in [0, 0.05) is 24.3 Å². The number of aromatic amines is 1. The van der Waals surface area contributed by atoms with Crippen LogP contribution in [0.1, 0.15) is 39.0 Å². The van der Waals surface area contributed by atoms with Crippen molar-refractivity contribution in [2.45, 2.75) is 56.7 Å². The highest BCUT2D eigenvalue weighted by Crippen LogP contribution is 2.32. The average Bonchev–Trinajstić information content (AvgIpc) is 2.66. The number of halogens is 1. The minimum Gasteiger partial charge on any atom is -0.367 e. The first-order chi connectivity index (χ1) is 9.48. The maximum absolute atomic E-state index is 12.9. The second kappa shape index (κ2) is 5.22. The number of ether oxygens (including phenoxy) is 1. The third kappa shape index (κ3) is 3.26.